The Morgan fingerprint density at radius 2 is 1.50 bits per heavy atom. The van der Waals surface area contributed by atoms with Crippen molar-refractivity contribution in [1.82, 2.24) is 9.34 Å². The molecule has 0 saturated carbocycles. The van der Waals surface area contributed by atoms with Gasteiger partial charge in [0.05, 0.1) is 0 Å². The lowest BCUT2D eigenvalue weighted by atomic mass is 9.83. The van der Waals surface area contributed by atoms with Gasteiger partial charge in [0.2, 0.25) is 0 Å². The van der Waals surface area contributed by atoms with Crippen molar-refractivity contribution in [3.63, 3.8) is 0 Å². The van der Waals surface area contributed by atoms with Crippen LogP contribution < -0.4 is 0 Å². The summed E-state index contributed by atoms with van der Waals surface area (Å²) in [4.78, 5) is 7.62. The van der Waals surface area contributed by atoms with E-state index in [4.69, 9.17) is 0 Å². The Bertz CT molecular complexity index is 418. The zero-order valence-corrected chi connectivity index (χ0v) is 16.0. The number of rotatable bonds is 3. The predicted octanol–water partition coefficient (Wildman–Crippen LogP) is 5.83. The van der Waals surface area contributed by atoms with Crippen LogP contribution in [0.3, 0.4) is 0 Å². The third-order valence-electron chi connectivity index (χ3n) is 5.38. The summed E-state index contributed by atoms with van der Waals surface area (Å²) in [6.07, 6.45) is 7.30. The third kappa shape index (κ3) is 3.43. The first kappa shape index (κ1) is 18.0. The van der Waals surface area contributed by atoms with Crippen LogP contribution in [0.4, 0.5) is 0 Å². The number of nitrogens with zero attached hydrogens (tertiary/aromatic N) is 5. The molecule has 2 fully saturated rings. The zero-order valence-electron chi connectivity index (χ0n) is 15.1. The van der Waals surface area contributed by atoms with Crippen LogP contribution in [-0.4, -0.2) is 32.5 Å². The second-order valence-electron chi connectivity index (χ2n) is 8.25. The van der Waals surface area contributed by atoms with Gasteiger partial charge in [0, 0.05) is 28.1 Å². The SMILES string of the molecule is CC1CCCC(C)N1P(N=[N+]=[N-])N1C(C)(C)CCCC1(C)C. The van der Waals surface area contributed by atoms with Crippen LogP contribution in [0.2, 0.25) is 0 Å². The van der Waals surface area contributed by atoms with Crippen molar-refractivity contribution in [2.24, 2.45) is 4.88 Å². The first-order valence-corrected chi connectivity index (χ1v) is 9.84. The van der Waals surface area contributed by atoms with E-state index in [1.807, 2.05) is 0 Å². The lowest BCUT2D eigenvalue weighted by Crippen LogP contribution is -2.58. The fourth-order valence-corrected chi connectivity index (χ4v) is 7.01. The van der Waals surface area contributed by atoms with Gasteiger partial charge in [-0.25, -0.2) is 0 Å². The molecule has 5 nitrogen and oxygen atoms in total. The summed E-state index contributed by atoms with van der Waals surface area (Å²) in [5.74, 6) is 0. The smallest absolute Gasteiger partial charge is 0.135 e. The zero-order chi connectivity index (χ0) is 16.5. The molecule has 3 unspecified atom stereocenters. The molecule has 3 atom stereocenters. The molecule has 0 bridgehead atoms. The summed E-state index contributed by atoms with van der Waals surface area (Å²) in [6.45, 7) is 13.8. The molecule has 0 amide bonds. The summed E-state index contributed by atoms with van der Waals surface area (Å²) in [5, 5.41) is 0. The van der Waals surface area contributed by atoms with E-state index in [1.54, 1.807) is 0 Å². The molecule has 0 N–H and O–H groups in total. The fraction of sp³-hybridized carbons (Fsp3) is 1.00. The second kappa shape index (κ2) is 6.65. The van der Waals surface area contributed by atoms with Crippen molar-refractivity contribution < 1.29 is 0 Å². The van der Waals surface area contributed by atoms with Crippen molar-refractivity contribution in [1.29, 1.82) is 0 Å². The Morgan fingerprint density at radius 3 is 1.95 bits per heavy atom. The van der Waals surface area contributed by atoms with E-state index in [1.165, 1.54) is 38.5 Å². The van der Waals surface area contributed by atoms with E-state index >= 15 is 0 Å². The van der Waals surface area contributed by atoms with Gasteiger partial charge in [-0.05, 0) is 84.1 Å². The Hall–Kier alpha value is -0.340. The van der Waals surface area contributed by atoms with Crippen LogP contribution in [0.5, 0.6) is 0 Å². The van der Waals surface area contributed by atoms with Crippen LogP contribution in [0.25, 0.3) is 10.4 Å². The van der Waals surface area contributed by atoms with Gasteiger partial charge in [0.25, 0.3) is 0 Å². The van der Waals surface area contributed by atoms with E-state index in [0.29, 0.717) is 12.1 Å². The predicted molar refractivity (Wildman–Crippen MR) is 94.5 cm³/mol. The van der Waals surface area contributed by atoms with Gasteiger partial charge in [0.15, 0.2) is 0 Å². The molecule has 2 aliphatic heterocycles. The number of hydrogen-bond donors (Lipinski definition) is 0. The molecule has 0 aromatic carbocycles. The molecule has 22 heavy (non-hydrogen) atoms. The highest BCUT2D eigenvalue weighted by atomic mass is 31.1. The van der Waals surface area contributed by atoms with Crippen LogP contribution in [-0.2, 0) is 0 Å². The van der Waals surface area contributed by atoms with Gasteiger partial charge in [-0.2, -0.15) is 0 Å². The second-order valence-corrected chi connectivity index (χ2v) is 9.82. The molecule has 0 aliphatic carbocycles. The average Bonchev–Trinajstić information content (AvgIpc) is 2.36. The lowest BCUT2D eigenvalue weighted by Gasteiger charge is -2.58. The maximum atomic E-state index is 9.23. The van der Waals surface area contributed by atoms with E-state index < -0.39 is 8.37 Å². The van der Waals surface area contributed by atoms with Crippen molar-refractivity contribution in [3.05, 3.63) is 10.4 Å². The first-order chi connectivity index (χ1) is 10.2. The molecule has 2 heterocycles. The van der Waals surface area contributed by atoms with Gasteiger partial charge in [-0.1, -0.05) is 6.42 Å². The number of hydrogen-bond acceptors (Lipinski definition) is 3. The molecule has 0 aromatic rings. The molecule has 2 aliphatic rings. The summed E-state index contributed by atoms with van der Waals surface area (Å²) < 4.78 is 5.07. The highest BCUT2D eigenvalue weighted by Crippen LogP contribution is 2.60. The summed E-state index contributed by atoms with van der Waals surface area (Å²) in [6, 6.07) is 0.989. The van der Waals surface area contributed by atoms with Crippen LogP contribution >= 0.6 is 8.37 Å². The molecule has 0 aromatic heterocycles. The summed E-state index contributed by atoms with van der Waals surface area (Å²) in [5.41, 5.74) is 9.40. The molecule has 126 valence electrons. The highest BCUT2D eigenvalue weighted by Gasteiger charge is 2.48. The Morgan fingerprint density at radius 1 is 1.00 bits per heavy atom. The Labute approximate surface area is 137 Å². The van der Waals surface area contributed by atoms with Gasteiger partial charge in [0.1, 0.15) is 8.37 Å². The average molecular weight is 325 g/mol. The quantitative estimate of drug-likeness (QED) is 0.284. The minimum absolute atomic E-state index is 0.0819. The van der Waals surface area contributed by atoms with Crippen molar-refractivity contribution >= 4 is 8.37 Å². The molecule has 0 spiro atoms. The summed E-state index contributed by atoms with van der Waals surface area (Å²) >= 11 is 0. The molecular formula is C16H32N5P. The maximum Gasteiger partial charge on any atom is 0.135 e. The van der Waals surface area contributed by atoms with Gasteiger partial charge in [-0.15, -0.1) is 0 Å². The molecule has 6 heteroatoms. The van der Waals surface area contributed by atoms with Gasteiger partial charge in [-0.3, -0.25) is 9.34 Å². The normalized spacial score (nSPS) is 33.9. The minimum atomic E-state index is -0.977. The fourth-order valence-electron chi connectivity index (χ4n) is 4.45. The monoisotopic (exact) mass is 325 g/mol. The molecule has 0 radical (unpaired) electrons. The minimum Gasteiger partial charge on any atom is -0.259 e. The number of piperidine rings is 2. The lowest BCUT2D eigenvalue weighted by molar-refractivity contribution is 0.0473. The van der Waals surface area contributed by atoms with Gasteiger partial charge < -0.3 is 0 Å². The van der Waals surface area contributed by atoms with Crippen molar-refractivity contribution in [2.45, 2.75) is 103 Å². The van der Waals surface area contributed by atoms with E-state index in [2.05, 4.69) is 60.7 Å². The first-order valence-electron chi connectivity index (χ1n) is 8.64. The van der Waals surface area contributed by atoms with E-state index in [-0.39, 0.29) is 11.1 Å². The third-order valence-corrected chi connectivity index (χ3v) is 8.26. The standard InChI is InChI=1S/C16H32N5P/c1-13-9-7-10-14(2)20(13)22(19-18-17)21-15(3,4)11-8-12-16(21,5)6/h13-14H,7-12H2,1-6H3. The van der Waals surface area contributed by atoms with Crippen LogP contribution in [0.15, 0.2) is 4.88 Å². The molecule has 2 rings (SSSR count). The largest absolute Gasteiger partial charge is 0.259 e. The Kier molecular flexibility index (Phi) is 5.44. The summed E-state index contributed by atoms with van der Waals surface area (Å²) in [7, 11) is -0.977. The van der Waals surface area contributed by atoms with Crippen molar-refractivity contribution in [3.8, 4) is 0 Å². The topological polar surface area (TPSA) is 55.2 Å². The molecule has 2 saturated heterocycles. The Balaban J connectivity index is 2.42. The highest BCUT2D eigenvalue weighted by molar-refractivity contribution is 7.51. The van der Waals surface area contributed by atoms with E-state index in [9.17, 15) is 5.53 Å². The van der Waals surface area contributed by atoms with Gasteiger partial charge >= 0.3 is 0 Å². The number of azide groups is 1. The van der Waals surface area contributed by atoms with E-state index in [0.717, 1.165) is 0 Å². The van der Waals surface area contributed by atoms with Crippen molar-refractivity contribution in [2.75, 3.05) is 0 Å². The molecular weight excluding hydrogens is 293 g/mol. The maximum absolute atomic E-state index is 9.23. The van der Waals surface area contributed by atoms with Crippen LogP contribution in [0, 0.1) is 0 Å². The van der Waals surface area contributed by atoms with Crippen LogP contribution in [0.1, 0.15) is 80.1 Å².